The Hall–Kier alpha value is -7.76. The topological polar surface area (TPSA) is 103 Å². The van der Waals surface area contributed by atoms with Gasteiger partial charge in [0, 0.05) is 34.5 Å². The van der Waals surface area contributed by atoms with E-state index in [1.165, 1.54) is 0 Å². The molecule has 0 saturated carbocycles. The monoisotopic (exact) mass is 872 g/mol. The van der Waals surface area contributed by atoms with Crippen LogP contribution < -0.4 is 9.64 Å². The summed E-state index contributed by atoms with van der Waals surface area (Å²) < 4.78 is 13.3. The first kappa shape index (κ1) is 44.8. The van der Waals surface area contributed by atoms with Crippen molar-refractivity contribution in [3.63, 3.8) is 0 Å². The van der Waals surface area contributed by atoms with Crippen molar-refractivity contribution in [3.8, 4) is 11.8 Å². The summed E-state index contributed by atoms with van der Waals surface area (Å²) >= 11 is 0. The molecule has 330 valence electrons. The van der Waals surface area contributed by atoms with E-state index in [1.807, 2.05) is 48.6 Å². The molecule has 0 fully saturated rings. The summed E-state index contributed by atoms with van der Waals surface area (Å²) in [5, 5.41) is 21.1. The molecule has 8 heteroatoms. The number of fused-ring (bicyclic) bond motifs is 2. The van der Waals surface area contributed by atoms with E-state index in [1.54, 1.807) is 7.11 Å². The highest BCUT2D eigenvalue weighted by molar-refractivity contribution is 6.04. The molecule has 8 rings (SSSR count). The molecule has 2 aliphatic rings. The van der Waals surface area contributed by atoms with Gasteiger partial charge in [-0.1, -0.05) is 133 Å². The zero-order chi connectivity index (χ0) is 45.9. The molecule has 0 aromatic heterocycles. The van der Waals surface area contributed by atoms with Crippen LogP contribution in [-0.4, -0.2) is 54.6 Å². The lowest BCUT2D eigenvalue weighted by molar-refractivity contribution is -0.436. The van der Waals surface area contributed by atoms with Gasteiger partial charge in [-0.05, 0) is 103 Å². The number of benzene rings is 6. The van der Waals surface area contributed by atoms with Crippen molar-refractivity contribution in [2.45, 2.75) is 49.9 Å². The van der Waals surface area contributed by atoms with Crippen molar-refractivity contribution in [2.24, 2.45) is 0 Å². The quantitative estimate of drug-likeness (QED) is 0.0284. The number of rotatable bonds is 19. The number of methoxy groups -OCH3 is 1. The Morgan fingerprint density at radius 1 is 0.742 bits per heavy atom. The van der Waals surface area contributed by atoms with Crippen LogP contribution in [0, 0.1) is 18.3 Å². The summed E-state index contributed by atoms with van der Waals surface area (Å²) in [5.41, 5.74) is 10.9. The molecule has 0 bridgehead atoms. The van der Waals surface area contributed by atoms with Gasteiger partial charge in [-0.3, -0.25) is 9.59 Å². The highest BCUT2D eigenvalue weighted by Crippen LogP contribution is 2.53. The second-order valence-corrected chi connectivity index (χ2v) is 17.1. The fraction of sp³-hybridized carbons (Fsp3) is 0.207. The molecule has 6 aromatic carbocycles. The van der Waals surface area contributed by atoms with E-state index in [-0.39, 0.29) is 19.6 Å². The van der Waals surface area contributed by atoms with Crippen LogP contribution in [0.25, 0.3) is 0 Å². The summed E-state index contributed by atoms with van der Waals surface area (Å²) in [6.07, 6.45) is 10.4. The number of aryl methyl sites for hydroxylation is 1. The number of carbonyl (C=O) groups is 2. The normalized spacial score (nSPS) is 15.4. The van der Waals surface area contributed by atoms with Crippen molar-refractivity contribution < 1.29 is 28.7 Å². The van der Waals surface area contributed by atoms with Crippen LogP contribution in [0.5, 0.6) is 5.75 Å². The van der Waals surface area contributed by atoms with Crippen molar-refractivity contribution in [1.82, 2.24) is 0 Å². The molecule has 66 heavy (non-hydrogen) atoms. The van der Waals surface area contributed by atoms with Crippen LogP contribution in [0.1, 0.15) is 45.4 Å². The van der Waals surface area contributed by atoms with Crippen molar-refractivity contribution in [1.29, 1.82) is 5.26 Å². The number of aliphatic carboxylic acids is 1. The second-order valence-electron chi connectivity index (χ2n) is 17.1. The highest BCUT2D eigenvalue weighted by Gasteiger charge is 2.51. The van der Waals surface area contributed by atoms with Crippen molar-refractivity contribution in [2.75, 3.05) is 31.7 Å². The number of nitrogens with zero attached hydrogens (tertiary/aromatic N) is 3. The van der Waals surface area contributed by atoms with Gasteiger partial charge in [0.05, 0.1) is 30.7 Å². The van der Waals surface area contributed by atoms with Crippen LogP contribution in [0.3, 0.4) is 0 Å². The number of carboxylic acids is 1. The van der Waals surface area contributed by atoms with E-state index in [9.17, 15) is 20.0 Å². The van der Waals surface area contributed by atoms with Gasteiger partial charge in [-0.15, -0.1) is 0 Å². The van der Waals surface area contributed by atoms with Gasteiger partial charge in [0.15, 0.2) is 12.3 Å². The predicted molar refractivity (Wildman–Crippen MR) is 260 cm³/mol. The summed E-state index contributed by atoms with van der Waals surface area (Å²) in [4.78, 5) is 26.0. The van der Waals surface area contributed by atoms with Crippen LogP contribution in [0.4, 0.5) is 11.4 Å². The first-order valence-corrected chi connectivity index (χ1v) is 22.4. The lowest BCUT2D eigenvalue weighted by atomic mass is 9.68. The zero-order valence-corrected chi connectivity index (χ0v) is 37.5. The standard InChI is InChI=1S/C58H53N3O5/c1-43-23-27-52-50(35-43)57(37-44-15-7-3-8-16-44,38-45-17-9-4-10-18-45)54(60(52)32-31-56(63)64)29-24-48(41-59)25-30-55-58(39-46-19-11-5-12-20-46,40-47-21-13-6-14-22-47)51-36-49(65-2)26-28-53(51)61(55)33-34-66-42-62/h3-30,35-36,42H,31-34,37-40H2,1-2H3/p+1. The number of ether oxygens (including phenoxy) is 2. The number of hydrogen-bond acceptors (Lipinski definition) is 6. The molecule has 8 nitrogen and oxygen atoms in total. The fourth-order valence-corrected chi connectivity index (χ4v) is 10.1. The molecule has 1 N–H and O–H groups in total. The molecule has 0 amide bonds. The van der Waals surface area contributed by atoms with Crippen LogP contribution >= 0.6 is 0 Å². The van der Waals surface area contributed by atoms with Crippen LogP contribution in [-0.2, 0) is 50.8 Å². The first-order valence-electron chi connectivity index (χ1n) is 22.4. The van der Waals surface area contributed by atoms with Crippen molar-refractivity contribution >= 4 is 29.5 Å². The Kier molecular flexibility index (Phi) is 13.8. The van der Waals surface area contributed by atoms with Crippen molar-refractivity contribution in [3.05, 3.63) is 232 Å². The largest absolute Gasteiger partial charge is 0.497 e. The Labute approximate surface area is 387 Å². The van der Waals surface area contributed by atoms with E-state index in [0.717, 1.165) is 67.5 Å². The van der Waals surface area contributed by atoms with E-state index < -0.39 is 16.8 Å². The maximum absolute atomic E-state index is 12.3. The number of carboxylic acid groups (broad SMARTS) is 1. The van der Waals surface area contributed by atoms with Gasteiger partial charge in [0.1, 0.15) is 18.8 Å². The first-order chi connectivity index (χ1) is 32.3. The number of carbonyl (C=O) groups excluding carboxylic acids is 1. The van der Waals surface area contributed by atoms with Gasteiger partial charge < -0.3 is 19.5 Å². The average Bonchev–Trinajstić information content (AvgIpc) is 3.72. The molecule has 0 unspecified atom stereocenters. The van der Waals surface area contributed by atoms with Crippen LogP contribution in [0.2, 0.25) is 0 Å². The van der Waals surface area contributed by atoms with Gasteiger partial charge in [-0.25, -0.2) is 0 Å². The third kappa shape index (κ3) is 9.52. The smallest absolute Gasteiger partial charge is 0.309 e. The van der Waals surface area contributed by atoms with Crippen LogP contribution in [0.15, 0.2) is 193 Å². The zero-order valence-electron chi connectivity index (χ0n) is 37.5. The average molecular weight is 873 g/mol. The van der Waals surface area contributed by atoms with E-state index in [0.29, 0.717) is 44.3 Å². The molecule has 0 aliphatic carbocycles. The Morgan fingerprint density at radius 3 is 1.82 bits per heavy atom. The maximum atomic E-state index is 12.3. The van der Waals surface area contributed by atoms with Gasteiger partial charge in [0.2, 0.25) is 5.69 Å². The summed E-state index contributed by atoms with van der Waals surface area (Å²) in [7, 11) is 1.67. The minimum Gasteiger partial charge on any atom is -0.497 e. The minimum absolute atomic E-state index is 0.0651. The summed E-state index contributed by atoms with van der Waals surface area (Å²) in [6, 6.07) is 56.8. The molecule has 0 atom stereocenters. The molecule has 2 aliphatic heterocycles. The summed E-state index contributed by atoms with van der Waals surface area (Å²) in [6.45, 7) is 3.37. The molecule has 6 aromatic rings. The van der Waals surface area contributed by atoms with Gasteiger partial charge in [0.25, 0.3) is 6.47 Å². The molecule has 0 spiro atoms. The third-order valence-electron chi connectivity index (χ3n) is 12.9. The predicted octanol–water partition coefficient (Wildman–Crippen LogP) is 10.6. The van der Waals surface area contributed by atoms with E-state index >= 15 is 0 Å². The Morgan fingerprint density at radius 2 is 1.30 bits per heavy atom. The Balaban J connectivity index is 1.32. The molecular weight excluding hydrogens is 819 g/mol. The minimum atomic E-state index is -0.882. The molecule has 0 radical (unpaired) electrons. The summed E-state index contributed by atoms with van der Waals surface area (Å²) in [5.74, 6) is -0.153. The SMILES string of the molecule is COc1ccc2c(c1)C(Cc1ccccc1)(Cc1ccccc1)\C(=C/C=C(C#N)/C=C/C1=[N+](CCC(=O)O)c3ccc(C)cc3C1(Cc1ccccc1)Cc1ccccc1)N2CCOC=O. The van der Waals surface area contributed by atoms with E-state index in [4.69, 9.17) is 9.47 Å². The number of hydrogen-bond donors (Lipinski definition) is 1. The van der Waals surface area contributed by atoms with Gasteiger partial charge >= 0.3 is 5.97 Å². The lowest BCUT2D eigenvalue weighted by Gasteiger charge is -2.34. The second kappa shape index (κ2) is 20.4. The number of allylic oxidation sites excluding steroid dienone is 6. The van der Waals surface area contributed by atoms with Gasteiger partial charge in [-0.2, -0.15) is 9.84 Å². The lowest BCUT2D eigenvalue weighted by Crippen LogP contribution is -2.39. The van der Waals surface area contributed by atoms with E-state index in [2.05, 4.69) is 156 Å². The molecule has 2 heterocycles. The number of nitriles is 1. The Bertz CT molecular complexity index is 2760. The maximum Gasteiger partial charge on any atom is 0.309 e. The highest BCUT2D eigenvalue weighted by atomic mass is 16.5. The third-order valence-corrected chi connectivity index (χ3v) is 12.9. The molecular formula is C58H54N3O5+. The molecule has 0 saturated heterocycles. The fourth-order valence-electron chi connectivity index (χ4n) is 10.1. The number of anilines is 1.